The van der Waals surface area contributed by atoms with Gasteiger partial charge in [0.2, 0.25) is 0 Å². The van der Waals surface area contributed by atoms with Crippen molar-refractivity contribution in [1.29, 1.82) is 0 Å². The van der Waals surface area contributed by atoms with Crippen molar-refractivity contribution < 1.29 is 31.1 Å². The Bertz CT molecular complexity index is 1300. The van der Waals surface area contributed by atoms with E-state index in [0.717, 1.165) is 30.3 Å². The van der Waals surface area contributed by atoms with Crippen molar-refractivity contribution in [2.45, 2.75) is 18.2 Å². The van der Waals surface area contributed by atoms with Crippen molar-refractivity contribution in [1.82, 2.24) is 9.97 Å². The quantitative estimate of drug-likeness (QED) is 0.499. The molecule has 0 bridgehead atoms. The largest absolute Gasteiger partial charge is 0.573 e. The first-order valence-corrected chi connectivity index (χ1v) is 9.78. The molecule has 3 aromatic rings. The molecule has 0 unspecified atom stereocenters. The third-order valence-corrected chi connectivity index (χ3v) is 5.12. The smallest absolute Gasteiger partial charge is 0.492 e. The highest BCUT2D eigenvalue weighted by atomic mass is 32.2. The molecule has 1 aromatic heterocycles. The molecule has 0 saturated carbocycles. The van der Waals surface area contributed by atoms with E-state index >= 15 is 0 Å². The molecule has 0 amide bonds. The molecule has 3 rings (SSSR count). The number of aromatic amines is 2. The number of rotatable bonds is 6. The van der Waals surface area contributed by atoms with E-state index in [-0.39, 0.29) is 34.0 Å². The van der Waals surface area contributed by atoms with Crippen LogP contribution < -0.4 is 25.3 Å². The summed E-state index contributed by atoms with van der Waals surface area (Å²) in [6.45, 7) is 1.72. The lowest BCUT2D eigenvalue weighted by atomic mass is 10.3. The maximum Gasteiger partial charge on any atom is 0.573 e. The number of anilines is 1. The van der Waals surface area contributed by atoms with E-state index in [1.165, 1.54) is 6.07 Å². The van der Waals surface area contributed by atoms with Gasteiger partial charge in [-0.3, -0.25) is 14.3 Å². The molecule has 0 aliphatic heterocycles. The van der Waals surface area contributed by atoms with Crippen LogP contribution in [0.4, 0.5) is 18.9 Å². The number of halogens is 3. The minimum Gasteiger partial charge on any atom is -0.492 e. The molecule has 0 fully saturated rings. The van der Waals surface area contributed by atoms with Crippen LogP contribution in [0.25, 0.3) is 11.0 Å². The molecule has 0 aliphatic rings. The van der Waals surface area contributed by atoms with Crippen molar-refractivity contribution in [3.63, 3.8) is 0 Å². The van der Waals surface area contributed by atoms with E-state index < -0.39 is 33.3 Å². The molecule has 0 spiro atoms. The Kier molecular flexibility index (Phi) is 5.48. The van der Waals surface area contributed by atoms with E-state index in [2.05, 4.69) is 19.4 Å². The Morgan fingerprint density at radius 2 is 1.57 bits per heavy atom. The standard InChI is InChI=1S/C17H14F3N3O6S/c1-2-28-13-7-11-12(22-16(25)15(24)21-11)8-14(13)30(26,27)23-9-3-5-10(6-4-9)29-17(18,19)20/h3-8,23H,2H2,1H3,(H,21,24)(H,22,25). The normalized spacial score (nSPS) is 12.0. The molecular weight excluding hydrogens is 431 g/mol. The summed E-state index contributed by atoms with van der Waals surface area (Å²) in [4.78, 5) is 27.2. The minimum absolute atomic E-state index is 0.0392. The molecule has 0 atom stereocenters. The van der Waals surface area contributed by atoms with Gasteiger partial charge in [0.05, 0.1) is 17.6 Å². The van der Waals surface area contributed by atoms with Gasteiger partial charge in [0.1, 0.15) is 16.4 Å². The van der Waals surface area contributed by atoms with Crippen molar-refractivity contribution in [3.8, 4) is 11.5 Å². The molecule has 13 heteroatoms. The predicted octanol–water partition coefficient (Wildman–Crippen LogP) is 2.31. The van der Waals surface area contributed by atoms with Crippen LogP contribution in [0.15, 0.2) is 50.9 Å². The summed E-state index contributed by atoms with van der Waals surface area (Å²) < 4.78 is 73.7. The SMILES string of the molecule is CCOc1cc2[nH]c(=O)c(=O)[nH]c2cc1S(=O)(=O)Nc1ccc(OC(F)(F)F)cc1. The number of ether oxygens (including phenoxy) is 2. The van der Waals surface area contributed by atoms with Gasteiger partial charge in [-0.05, 0) is 37.3 Å². The third kappa shape index (κ3) is 4.74. The van der Waals surface area contributed by atoms with E-state index in [9.17, 15) is 31.2 Å². The number of benzene rings is 2. The lowest BCUT2D eigenvalue weighted by molar-refractivity contribution is -0.274. The van der Waals surface area contributed by atoms with Crippen molar-refractivity contribution in [2.75, 3.05) is 11.3 Å². The second-order valence-corrected chi connectivity index (χ2v) is 7.51. The molecule has 9 nitrogen and oxygen atoms in total. The van der Waals surface area contributed by atoms with Gasteiger partial charge in [-0.15, -0.1) is 13.2 Å². The maximum atomic E-state index is 12.8. The summed E-state index contributed by atoms with van der Waals surface area (Å²) in [6.07, 6.45) is -4.88. The van der Waals surface area contributed by atoms with Gasteiger partial charge in [0.25, 0.3) is 10.0 Å². The van der Waals surface area contributed by atoms with E-state index in [1.807, 2.05) is 0 Å². The summed E-state index contributed by atoms with van der Waals surface area (Å²) in [7, 11) is -4.28. The Morgan fingerprint density at radius 3 is 2.10 bits per heavy atom. The van der Waals surface area contributed by atoms with E-state index in [1.54, 1.807) is 6.92 Å². The van der Waals surface area contributed by atoms with Crippen molar-refractivity contribution in [2.24, 2.45) is 0 Å². The van der Waals surface area contributed by atoms with Crippen LogP contribution in [0.1, 0.15) is 6.92 Å². The van der Waals surface area contributed by atoms with Crippen LogP contribution >= 0.6 is 0 Å². The number of hydrogen-bond donors (Lipinski definition) is 3. The summed E-state index contributed by atoms with van der Waals surface area (Å²) in [5, 5.41) is 0. The Morgan fingerprint density at radius 1 is 1.00 bits per heavy atom. The maximum absolute atomic E-state index is 12.8. The number of alkyl halides is 3. The molecular formula is C17H14F3N3O6S. The first-order chi connectivity index (χ1) is 14.0. The van der Waals surface area contributed by atoms with E-state index in [4.69, 9.17) is 4.74 Å². The zero-order valence-corrected chi connectivity index (χ0v) is 16.0. The number of fused-ring (bicyclic) bond motifs is 1. The molecule has 3 N–H and O–H groups in total. The molecule has 30 heavy (non-hydrogen) atoms. The molecule has 0 radical (unpaired) electrons. The highest BCUT2D eigenvalue weighted by molar-refractivity contribution is 7.92. The zero-order chi connectivity index (χ0) is 22.1. The van der Waals surface area contributed by atoms with Gasteiger partial charge in [0.15, 0.2) is 0 Å². The fourth-order valence-corrected chi connectivity index (χ4v) is 3.75. The first kappa shape index (κ1) is 21.2. The molecule has 2 aromatic carbocycles. The second-order valence-electron chi connectivity index (χ2n) is 5.86. The monoisotopic (exact) mass is 445 g/mol. The second kappa shape index (κ2) is 7.74. The first-order valence-electron chi connectivity index (χ1n) is 8.30. The van der Waals surface area contributed by atoms with Crippen molar-refractivity contribution in [3.05, 3.63) is 57.1 Å². The Balaban J connectivity index is 2.00. The zero-order valence-electron chi connectivity index (χ0n) is 15.2. The highest BCUT2D eigenvalue weighted by Gasteiger charge is 2.31. The fourth-order valence-electron chi connectivity index (χ4n) is 2.54. The average molecular weight is 445 g/mol. The molecule has 1 heterocycles. The molecule has 0 saturated heterocycles. The van der Waals surface area contributed by atoms with Crippen molar-refractivity contribution >= 4 is 26.7 Å². The summed E-state index contributed by atoms with van der Waals surface area (Å²) >= 11 is 0. The number of sulfonamides is 1. The van der Waals surface area contributed by atoms with Crippen LogP contribution in [0.2, 0.25) is 0 Å². The van der Waals surface area contributed by atoms with Gasteiger partial charge in [0, 0.05) is 11.8 Å². The topological polar surface area (TPSA) is 130 Å². The van der Waals surface area contributed by atoms with Crippen LogP contribution in [0, 0.1) is 0 Å². The van der Waals surface area contributed by atoms with Gasteiger partial charge in [-0.1, -0.05) is 0 Å². The number of nitrogens with one attached hydrogen (secondary N) is 3. The van der Waals surface area contributed by atoms with Crippen LogP contribution in [-0.2, 0) is 10.0 Å². The number of H-pyrrole nitrogens is 2. The van der Waals surface area contributed by atoms with Gasteiger partial charge in [-0.25, -0.2) is 8.42 Å². The van der Waals surface area contributed by atoms with E-state index in [0.29, 0.717) is 0 Å². The number of aromatic nitrogens is 2. The van der Waals surface area contributed by atoms with Gasteiger partial charge >= 0.3 is 17.5 Å². The molecule has 0 aliphatic carbocycles. The fraction of sp³-hybridized carbons (Fsp3) is 0.176. The lowest BCUT2D eigenvalue weighted by Crippen LogP contribution is -2.29. The average Bonchev–Trinajstić information content (AvgIpc) is 2.63. The van der Waals surface area contributed by atoms with Crippen LogP contribution in [-0.4, -0.2) is 31.4 Å². The Labute approximate surface area is 166 Å². The highest BCUT2D eigenvalue weighted by Crippen LogP contribution is 2.30. The van der Waals surface area contributed by atoms with Crippen LogP contribution in [0.5, 0.6) is 11.5 Å². The lowest BCUT2D eigenvalue weighted by Gasteiger charge is -2.14. The summed E-state index contributed by atoms with van der Waals surface area (Å²) in [5.74, 6) is -0.620. The van der Waals surface area contributed by atoms with Gasteiger partial charge in [-0.2, -0.15) is 0 Å². The predicted molar refractivity (Wildman–Crippen MR) is 100 cm³/mol. The summed E-state index contributed by atoms with van der Waals surface area (Å²) in [5.41, 5.74) is -1.74. The van der Waals surface area contributed by atoms with Gasteiger partial charge < -0.3 is 19.4 Å². The summed E-state index contributed by atoms with van der Waals surface area (Å²) in [6, 6.07) is 6.39. The van der Waals surface area contributed by atoms with Crippen LogP contribution in [0.3, 0.4) is 0 Å². The third-order valence-electron chi connectivity index (χ3n) is 3.72. The number of hydrogen-bond acceptors (Lipinski definition) is 6. The minimum atomic E-state index is -4.88. The molecule has 160 valence electrons. The Hall–Kier alpha value is -3.48.